The Morgan fingerprint density at radius 3 is 2.67 bits per heavy atom. The Labute approximate surface area is 120 Å². The van der Waals surface area contributed by atoms with Crippen molar-refractivity contribution in [3.05, 3.63) is 44.6 Å². The standard InChI is InChI=1S/C14H16BrNOS/c1-9-4-5-11(12(8-9)17-3)16-10(2)13-6-7-14(15)18-13/h4-8,10,16H,1-3H3. The number of hydrogen-bond donors (Lipinski definition) is 1. The Morgan fingerprint density at radius 1 is 1.28 bits per heavy atom. The van der Waals surface area contributed by atoms with Gasteiger partial charge in [-0.15, -0.1) is 11.3 Å². The number of halogens is 1. The van der Waals surface area contributed by atoms with Crippen LogP contribution in [-0.2, 0) is 0 Å². The Hall–Kier alpha value is -1.000. The number of methoxy groups -OCH3 is 1. The molecule has 2 rings (SSSR count). The fourth-order valence-electron chi connectivity index (χ4n) is 1.78. The molecule has 1 aromatic heterocycles. The molecule has 0 fully saturated rings. The summed E-state index contributed by atoms with van der Waals surface area (Å²) < 4.78 is 6.55. The molecule has 0 bridgehead atoms. The molecular weight excluding hydrogens is 310 g/mol. The summed E-state index contributed by atoms with van der Waals surface area (Å²) in [5.41, 5.74) is 2.23. The van der Waals surface area contributed by atoms with E-state index in [-0.39, 0.29) is 6.04 Å². The first-order chi connectivity index (χ1) is 8.60. The minimum Gasteiger partial charge on any atom is -0.495 e. The van der Waals surface area contributed by atoms with Crippen LogP contribution in [0, 0.1) is 6.92 Å². The largest absolute Gasteiger partial charge is 0.495 e. The summed E-state index contributed by atoms with van der Waals surface area (Å²) in [7, 11) is 1.70. The predicted molar refractivity (Wildman–Crippen MR) is 81.8 cm³/mol. The van der Waals surface area contributed by atoms with E-state index in [4.69, 9.17) is 4.74 Å². The Morgan fingerprint density at radius 2 is 2.06 bits per heavy atom. The van der Waals surface area contributed by atoms with E-state index in [0.29, 0.717) is 0 Å². The number of nitrogens with one attached hydrogen (secondary N) is 1. The van der Waals surface area contributed by atoms with Gasteiger partial charge in [-0.2, -0.15) is 0 Å². The van der Waals surface area contributed by atoms with Crippen molar-refractivity contribution >= 4 is 33.0 Å². The molecular formula is C14H16BrNOS. The van der Waals surface area contributed by atoms with Crippen molar-refractivity contribution in [2.75, 3.05) is 12.4 Å². The molecule has 2 nitrogen and oxygen atoms in total. The third-order valence-electron chi connectivity index (χ3n) is 2.75. The van der Waals surface area contributed by atoms with Gasteiger partial charge in [-0.3, -0.25) is 0 Å². The fourth-order valence-corrected chi connectivity index (χ4v) is 3.21. The molecule has 1 aromatic carbocycles. The van der Waals surface area contributed by atoms with Crippen LogP contribution in [0.5, 0.6) is 5.75 Å². The molecule has 96 valence electrons. The zero-order chi connectivity index (χ0) is 13.1. The van der Waals surface area contributed by atoms with Gasteiger partial charge in [0.1, 0.15) is 5.75 Å². The van der Waals surface area contributed by atoms with Crippen LogP contribution in [0.3, 0.4) is 0 Å². The van der Waals surface area contributed by atoms with Crippen LogP contribution in [0.25, 0.3) is 0 Å². The average Bonchev–Trinajstić information content (AvgIpc) is 2.78. The lowest BCUT2D eigenvalue weighted by molar-refractivity contribution is 0.416. The number of anilines is 1. The lowest BCUT2D eigenvalue weighted by Crippen LogP contribution is -2.06. The van der Waals surface area contributed by atoms with E-state index in [1.165, 1.54) is 10.4 Å². The van der Waals surface area contributed by atoms with E-state index in [1.54, 1.807) is 18.4 Å². The SMILES string of the molecule is COc1cc(C)ccc1NC(C)c1ccc(Br)s1. The highest BCUT2D eigenvalue weighted by Gasteiger charge is 2.10. The maximum atomic E-state index is 5.40. The van der Waals surface area contributed by atoms with Crippen molar-refractivity contribution < 1.29 is 4.74 Å². The van der Waals surface area contributed by atoms with E-state index < -0.39 is 0 Å². The Kier molecular flexibility index (Phi) is 4.30. The van der Waals surface area contributed by atoms with Crippen molar-refractivity contribution in [1.29, 1.82) is 0 Å². The lowest BCUT2D eigenvalue weighted by atomic mass is 10.2. The third-order valence-corrected chi connectivity index (χ3v) is 4.56. The molecule has 18 heavy (non-hydrogen) atoms. The van der Waals surface area contributed by atoms with Crippen molar-refractivity contribution in [2.45, 2.75) is 19.9 Å². The molecule has 0 saturated carbocycles. The van der Waals surface area contributed by atoms with Crippen LogP contribution in [0.4, 0.5) is 5.69 Å². The quantitative estimate of drug-likeness (QED) is 0.853. The highest BCUT2D eigenvalue weighted by molar-refractivity contribution is 9.11. The Bertz CT molecular complexity index is 538. The number of aryl methyl sites for hydroxylation is 1. The topological polar surface area (TPSA) is 21.3 Å². The van der Waals surface area contributed by atoms with Crippen molar-refractivity contribution in [3.8, 4) is 5.75 Å². The summed E-state index contributed by atoms with van der Waals surface area (Å²) in [6.45, 7) is 4.21. The highest BCUT2D eigenvalue weighted by Crippen LogP contribution is 2.32. The second-order valence-corrected chi connectivity index (χ2v) is 6.71. The van der Waals surface area contributed by atoms with E-state index >= 15 is 0 Å². The fraction of sp³-hybridized carbons (Fsp3) is 0.286. The second kappa shape index (κ2) is 5.76. The van der Waals surface area contributed by atoms with Gasteiger partial charge in [0.15, 0.2) is 0 Å². The van der Waals surface area contributed by atoms with Crippen molar-refractivity contribution in [3.63, 3.8) is 0 Å². The van der Waals surface area contributed by atoms with Gasteiger partial charge in [-0.1, -0.05) is 6.07 Å². The molecule has 1 unspecified atom stereocenters. The molecule has 0 spiro atoms. The molecule has 0 aliphatic heterocycles. The van der Waals surface area contributed by atoms with E-state index in [9.17, 15) is 0 Å². The molecule has 0 aliphatic carbocycles. The minimum atomic E-state index is 0.262. The van der Waals surface area contributed by atoms with Gasteiger partial charge in [-0.25, -0.2) is 0 Å². The number of benzene rings is 1. The number of ether oxygens (including phenoxy) is 1. The van der Waals surface area contributed by atoms with Gasteiger partial charge in [0.25, 0.3) is 0 Å². The van der Waals surface area contributed by atoms with E-state index in [2.05, 4.69) is 59.4 Å². The number of rotatable bonds is 4. The van der Waals surface area contributed by atoms with Gasteiger partial charge >= 0.3 is 0 Å². The van der Waals surface area contributed by atoms with Gasteiger partial charge in [0.05, 0.1) is 22.6 Å². The van der Waals surface area contributed by atoms with Crippen LogP contribution < -0.4 is 10.1 Å². The Balaban J connectivity index is 2.18. The normalized spacial score (nSPS) is 12.2. The maximum absolute atomic E-state index is 5.40. The molecule has 4 heteroatoms. The molecule has 1 N–H and O–H groups in total. The number of hydrogen-bond acceptors (Lipinski definition) is 3. The van der Waals surface area contributed by atoms with Gasteiger partial charge in [0, 0.05) is 4.88 Å². The smallest absolute Gasteiger partial charge is 0.142 e. The molecule has 0 saturated heterocycles. The monoisotopic (exact) mass is 325 g/mol. The predicted octanol–water partition coefficient (Wildman–Crippen LogP) is 5.00. The minimum absolute atomic E-state index is 0.262. The van der Waals surface area contributed by atoms with Gasteiger partial charge in [0.2, 0.25) is 0 Å². The zero-order valence-electron chi connectivity index (χ0n) is 10.7. The summed E-state index contributed by atoms with van der Waals surface area (Å²) >= 11 is 5.23. The van der Waals surface area contributed by atoms with Crippen LogP contribution in [0.1, 0.15) is 23.4 Å². The van der Waals surface area contributed by atoms with Crippen LogP contribution in [-0.4, -0.2) is 7.11 Å². The summed E-state index contributed by atoms with van der Waals surface area (Å²) in [5, 5.41) is 3.48. The molecule has 2 aromatic rings. The van der Waals surface area contributed by atoms with Crippen LogP contribution >= 0.6 is 27.3 Å². The van der Waals surface area contributed by atoms with Crippen LogP contribution in [0.15, 0.2) is 34.1 Å². The third kappa shape index (κ3) is 3.06. The second-order valence-electron chi connectivity index (χ2n) is 4.21. The van der Waals surface area contributed by atoms with Crippen molar-refractivity contribution in [2.24, 2.45) is 0 Å². The highest BCUT2D eigenvalue weighted by atomic mass is 79.9. The van der Waals surface area contributed by atoms with Crippen molar-refractivity contribution in [1.82, 2.24) is 0 Å². The van der Waals surface area contributed by atoms with E-state index in [0.717, 1.165) is 15.2 Å². The van der Waals surface area contributed by atoms with Gasteiger partial charge in [-0.05, 0) is 59.6 Å². The molecule has 1 atom stereocenters. The summed E-state index contributed by atoms with van der Waals surface area (Å²) in [6.07, 6.45) is 0. The first-order valence-electron chi connectivity index (χ1n) is 5.76. The molecule has 1 heterocycles. The van der Waals surface area contributed by atoms with E-state index in [1.807, 2.05) is 6.07 Å². The molecule has 0 aliphatic rings. The maximum Gasteiger partial charge on any atom is 0.142 e. The molecule has 0 radical (unpaired) electrons. The van der Waals surface area contributed by atoms with Gasteiger partial charge < -0.3 is 10.1 Å². The number of thiophene rings is 1. The molecule has 0 amide bonds. The van der Waals surface area contributed by atoms with Crippen LogP contribution in [0.2, 0.25) is 0 Å². The average molecular weight is 326 g/mol. The zero-order valence-corrected chi connectivity index (χ0v) is 13.1. The summed E-state index contributed by atoms with van der Waals surface area (Å²) in [5.74, 6) is 0.887. The first kappa shape index (κ1) is 13.4. The summed E-state index contributed by atoms with van der Waals surface area (Å²) in [6, 6.07) is 10.7. The summed E-state index contributed by atoms with van der Waals surface area (Å²) in [4.78, 5) is 1.30. The lowest BCUT2D eigenvalue weighted by Gasteiger charge is -2.16. The first-order valence-corrected chi connectivity index (χ1v) is 7.37.